The Morgan fingerprint density at radius 2 is 1.79 bits per heavy atom. The third-order valence-electron chi connectivity index (χ3n) is 4.80. The molecule has 0 bridgehead atoms. The smallest absolute Gasteiger partial charge is 0.243 e. The third-order valence-corrected chi connectivity index (χ3v) is 6.99. The van der Waals surface area contributed by atoms with E-state index in [1.807, 2.05) is 0 Å². The molecule has 0 unspecified atom stereocenters. The van der Waals surface area contributed by atoms with Crippen LogP contribution < -0.4 is 10.1 Å². The number of carbonyl (C=O) groups is 1. The van der Waals surface area contributed by atoms with Crippen molar-refractivity contribution in [2.24, 2.45) is 5.92 Å². The number of amides is 1. The number of rotatable bonds is 5. The van der Waals surface area contributed by atoms with E-state index in [0.717, 1.165) is 12.1 Å². The van der Waals surface area contributed by atoms with Crippen LogP contribution in [-0.4, -0.2) is 38.8 Å². The minimum absolute atomic E-state index is 0.0274. The molecule has 1 aliphatic rings. The van der Waals surface area contributed by atoms with Crippen molar-refractivity contribution in [3.05, 3.63) is 53.1 Å². The lowest BCUT2D eigenvalue weighted by molar-refractivity contribution is -0.121. The number of nitrogens with zero attached hydrogens (tertiary/aromatic N) is 1. The van der Waals surface area contributed by atoms with Crippen molar-refractivity contribution >= 4 is 33.2 Å². The Morgan fingerprint density at radius 3 is 2.34 bits per heavy atom. The second kappa shape index (κ2) is 8.64. The van der Waals surface area contributed by atoms with Crippen LogP contribution in [0.2, 0.25) is 5.02 Å². The van der Waals surface area contributed by atoms with Gasteiger partial charge in [0.2, 0.25) is 15.9 Å². The molecule has 1 N–H and O–H groups in total. The van der Waals surface area contributed by atoms with Crippen LogP contribution in [0.5, 0.6) is 5.75 Å². The summed E-state index contributed by atoms with van der Waals surface area (Å²) in [6.07, 6.45) is 0.454. The van der Waals surface area contributed by atoms with E-state index in [0.29, 0.717) is 5.75 Å². The molecule has 29 heavy (non-hydrogen) atoms. The number of halogens is 3. The molecule has 10 heteroatoms. The molecule has 156 valence electrons. The Balaban J connectivity index is 1.66. The quantitative estimate of drug-likeness (QED) is 0.763. The summed E-state index contributed by atoms with van der Waals surface area (Å²) in [5.74, 6) is -2.47. The fraction of sp³-hybridized carbons (Fsp3) is 0.316. The van der Waals surface area contributed by atoms with Gasteiger partial charge in [-0.15, -0.1) is 0 Å². The van der Waals surface area contributed by atoms with Crippen molar-refractivity contribution in [2.45, 2.75) is 17.7 Å². The summed E-state index contributed by atoms with van der Waals surface area (Å²) in [7, 11) is -2.36. The average Bonchev–Trinajstić information content (AvgIpc) is 2.70. The average molecular weight is 445 g/mol. The molecule has 2 aromatic rings. The lowest BCUT2D eigenvalue weighted by Crippen LogP contribution is -2.41. The summed E-state index contributed by atoms with van der Waals surface area (Å²) in [6, 6.07) is 7.49. The van der Waals surface area contributed by atoms with Gasteiger partial charge in [-0.3, -0.25) is 4.79 Å². The summed E-state index contributed by atoms with van der Waals surface area (Å²) in [5, 5.41) is 2.44. The van der Waals surface area contributed by atoms with Crippen LogP contribution in [0.25, 0.3) is 0 Å². The van der Waals surface area contributed by atoms with Gasteiger partial charge in [0.15, 0.2) is 0 Å². The van der Waals surface area contributed by atoms with Crippen LogP contribution in [0, 0.1) is 17.6 Å². The Hall–Kier alpha value is -2.23. The molecule has 1 saturated heterocycles. The summed E-state index contributed by atoms with van der Waals surface area (Å²) < 4.78 is 59.4. The van der Waals surface area contributed by atoms with Crippen molar-refractivity contribution in [2.75, 3.05) is 25.5 Å². The third kappa shape index (κ3) is 4.52. The van der Waals surface area contributed by atoms with Crippen molar-refractivity contribution in [1.82, 2.24) is 4.31 Å². The highest BCUT2D eigenvalue weighted by atomic mass is 35.5. The maximum atomic E-state index is 13.7. The monoisotopic (exact) mass is 444 g/mol. The van der Waals surface area contributed by atoms with E-state index in [9.17, 15) is 22.0 Å². The number of carbonyl (C=O) groups excluding carboxylic acids is 1. The van der Waals surface area contributed by atoms with E-state index in [-0.39, 0.29) is 35.8 Å². The number of sulfonamides is 1. The Kier molecular flexibility index (Phi) is 6.40. The lowest BCUT2D eigenvalue weighted by atomic mass is 9.97. The number of methoxy groups -OCH3 is 1. The van der Waals surface area contributed by atoms with E-state index < -0.39 is 39.2 Å². The topological polar surface area (TPSA) is 75.7 Å². The first-order chi connectivity index (χ1) is 13.7. The number of piperidine rings is 1. The highest BCUT2D eigenvalue weighted by molar-refractivity contribution is 7.89. The fourth-order valence-electron chi connectivity index (χ4n) is 3.16. The summed E-state index contributed by atoms with van der Waals surface area (Å²) in [4.78, 5) is 12.4. The molecular weight excluding hydrogens is 426 g/mol. The number of hydrogen-bond acceptors (Lipinski definition) is 4. The predicted octanol–water partition coefficient (Wildman–Crippen LogP) is 3.67. The number of ether oxygens (including phenoxy) is 1. The summed E-state index contributed by atoms with van der Waals surface area (Å²) in [6.45, 7) is 0.202. The minimum atomic E-state index is -3.79. The van der Waals surface area contributed by atoms with Gasteiger partial charge < -0.3 is 10.1 Å². The standard InChI is InChI=1S/C19H19ClF2N2O4S/c1-28-17-6-5-13(11-14(17)20)29(26,27)24-9-7-12(8-10-24)19(25)23-18-15(21)3-2-4-16(18)22/h2-6,11-12H,7-10H2,1H3,(H,23,25). The molecule has 0 radical (unpaired) electrons. The maximum Gasteiger partial charge on any atom is 0.243 e. The molecule has 1 heterocycles. The van der Waals surface area contributed by atoms with Crippen LogP contribution in [0.4, 0.5) is 14.5 Å². The Labute approximate surface area is 172 Å². The maximum absolute atomic E-state index is 13.7. The number of para-hydroxylation sites is 1. The predicted molar refractivity (Wildman–Crippen MR) is 104 cm³/mol. The lowest BCUT2D eigenvalue weighted by Gasteiger charge is -2.30. The summed E-state index contributed by atoms with van der Waals surface area (Å²) >= 11 is 6.02. The Morgan fingerprint density at radius 1 is 1.17 bits per heavy atom. The van der Waals surface area contributed by atoms with Crippen molar-refractivity contribution < 1.29 is 26.7 Å². The van der Waals surface area contributed by atoms with Gasteiger partial charge >= 0.3 is 0 Å². The minimum Gasteiger partial charge on any atom is -0.495 e. The van der Waals surface area contributed by atoms with Gasteiger partial charge in [0.25, 0.3) is 0 Å². The molecule has 0 aromatic heterocycles. The molecule has 0 saturated carbocycles. The number of hydrogen-bond donors (Lipinski definition) is 1. The first kappa shape index (κ1) is 21.5. The van der Waals surface area contributed by atoms with Gasteiger partial charge in [0, 0.05) is 19.0 Å². The SMILES string of the molecule is COc1ccc(S(=O)(=O)N2CCC(C(=O)Nc3c(F)cccc3F)CC2)cc1Cl. The van der Waals surface area contributed by atoms with Crippen molar-refractivity contribution in [1.29, 1.82) is 0 Å². The highest BCUT2D eigenvalue weighted by Crippen LogP contribution is 2.30. The zero-order chi connectivity index (χ0) is 21.2. The van der Waals surface area contributed by atoms with E-state index >= 15 is 0 Å². The normalized spacial score (nSPS) is 15.9. The van der Waals surface area contributed by atoms with Crippen LogP contribution in [0.1, 0.15) is 12.8 Å². The molecule has 6 nitrogen and oxygen atoms in total. The molecular formula is C19H19ClF2N2O4S. The second-order valence-electron chi connectivity index (χ2n) is 6.56. The van der Waals surface area contributed by atoms with E-state index in [1.54, 1.807) is 0 Å². The molecule has 1 aliphatic heterocycles. The molecule has 2 aromatic carbocycles. The molecule has 0 spiro atoms. The van der Waals surface area contributed by atoms with Gasteiger partial charge in [-0.1, -0.05) is 17.7 Å². The first-order valence-electron chi connectivity index (χ1n) is 8.82. The second-order valence-corrected chi connectivity index (χ2v) is 8.91. The molecule has 0 atom stereocenters. The van der Waals surface area contributed by atoms with Gasteiger partial charge in [0.05, 0.1) is 17.0 Å². The van der Waals surface area contributed by atoms with Crippen molar-refractivity contribution in [3.8, 4) is 5.75 Å². The highest BCUT2D eigenvalue weighted by Gasteiger charge is 2.33. The summed E-state index contributed by atoms with van der Waals surface area (Å²) in [5.41, 5.74) is -0.500. The molecule has 1 amide bonds. The van der Waals surface area contributed by atoms with Crippen molar-refractivity contribution in [3.63, 3.8) is 0 Å². The van der Waals surface area contributed by atoms with E-state index in [4.69, 9.17) is 16.3 Å². The zero-order valence-electron chi connectivity index (χ0n) is 15.5. The van der Waals surface area contributed by atoms with Crippen LogP contribution in [0.15, 0.2) is 41.3 Å². The number of nitrogens with one attached hydrogen (secondary N) is 1. The molecule has 0 aliphatic carbocycles. The van der Waals surface area contributed by atoms with Gasteiger partial charge in [-0.25, -0.2) is 17.2 Å². The van der Waals surface area contributed by atoms with Crippen LogP contribution in [-0.2, 0) is 14.8 Å². The van der Waals surface area contributed by atoms with Gasteiger partial charge in [-0.05, 0) is 43.2 Å². The van der Waals surface area contributed by atoms with E-state index in [1.165, 1.54) is 35.7 Å². The largest absolute Gasteiger partial charge is 0.495 e. The first-order valence-corrected chi connectivity index (χ1v) is 10.6. The van der Waals surface area contributed by atoms with E-state index in [2.05, 4.69) is 5.32 Å². The molecule has 1 fully saturated rings. The van der Waals surface area contributed by atoms with Crippen LogP contribution >= 0.6 is 11.6 Å². The van der Waals surface area contributed by atoms with Gasteiger partial charge in [-0.2, -0.15) is 4.31 Å². The fourth-order valence-corrected chi connectivity index (χ4v) is 4.98. The zero-order valence-corrected chi connectivity index (χ0v) is 17.1. The van der Waals surface area contributed by atoms with Gasteiger partial charge in [0.1, 0.15) is 23.1 Å². The Bertz CT molecular complexity index is 1000. The number of benzene rings is 2. The van der Waals surface area contributed by atoms with Crippen LogP contribution in [0.3, 0.4) is 0 Å². The number of anilines is 1. The molecule has 3 rings (SSSR count).